The van der Waals surface area contributed by atoms with Crippen LogP contribution in [0.3, 0.4) is 0 Å². The Balaban J connectivity index is 2.74. The van der Waals surface area contributed by atoms with Crippen molar-refractivity contribution in [3.63, 3.8) is 0 Å². The Labute approximate surface area is 150 Å². The number of aliphatic hydroxyl groups is 1. The van der Waals surface area contributed by atoms with E-state index in [-0.39, 0.29) is 22.3 Å². The molecule has 0 aromatic rings. The van der Waals surface area contributed by atoms with Crippen molar-refractivity contribution >= 4 is 16.6 Å². The van der Waals surface area contributed by atoms with E-state index >= 15 is 0 Å². The molecule has 0 aliphatic carbocycles. The van der Waals surface area contributed by atoms with Gasteiger partial charge in [0.15, 0.2) is 16.6 Å². The molecule has 0 fully saturated rings. The molecule has 0 bridgehead atoms. The first-order valence-electron chi connectivity index (χ1n) is 8.90. The molecule has 1 aliphatic heterocycles. The Kier molecular flexibility index (Phi) is 6.60. The van der Waals surface area contributed by atoms with Crippen LogP contribution < -0.4 is 0 Å². The van der Waals surface area contributed by atoms with Gasteiger partial charge in [0.25, 0.3) is 0 Å². The standard InChI is InChI=1S/C18H38O4Si2/c1-17(2,3)23(7,8)21-13-15-16(19)14(11-12-20-15)22-24(9,10)18(4,5)6/h11-12,14-16,19H,13H2,1-10H3. The highest BCUT2D eigenvalue weighted by molar-refractivity contribution is 6.74. The predicted octanol–water partition coefficient (Wildman–Crippen LogP) is 4.67. The Morgan fingerprint density at radius 3 is 1.92 bits per heavy atom. The SMILES string of the molecule is CC(C)(C)[Si](C)(C)OCC1OC=CC(O[Si](C)(C)C(C)(C)C)C1O. The van der Waals surface area contributed by atoms with Gasteiger partial charge in [0.2, 0.25) is 0 Å². The second-order valence-electron chi connectivity index (χ2n) is 9.91. The van der Waals surface area contributed by atoms with Crippen LogP contribution in [0, 0.1) is 0 Å². The van der Waals surface area contributed by atoms with Gasteiger partial charge in [-0.1, -0.05) is 41.5 Å². The van der Waals surface area contributed by atoms with Crippen molar-refractivity contribution in [2.45, 2.75) is 96.1 Å². The van der Waals surface area contributed by atoms with E-state index in [4.69, 9.17) is 13.6 Å². The molecule has 0 amide bonds. The molecule has 4 nitrogen and oxygen atoms in total. The lowest BCUT2D eigenvalue weighted by Crippen LogP contribution is -2.52. The van der Waals surface area contributed by atoms with E-state index < -0.39 is 22.7 Å². The van der Waals surface area contributed by atoms with Gasteiger partial charge in [-0.25, -0.2) is 0 Å². The minimum absolute atomic E-state index is 0.103. The van der Waals surface area contributed by atoms with Crippen molar-refractivity contribution in [3.05, 3.63) is 12.3 Å². The zero-order valence-corrected chi connectivity index (χ0v) is 19.3. The summed E-state index contributed by atoms with van der Waals surface area (Å²) in [7, 11) is -3.82. The second kappa shape index (κ2) is 7.23. The van der Waals surface area contributed by atoms with Crippen molar-refractivity contribution < 1.29 is 18.7 Å². The Bertz CT molecular complexity index is 447. The number of rotatable bonds is 5. The van der Waals surface area contributed by atoms with Crippen molar-refractivity contribution in [3.8, 4) is 0 Å². The van der Waals surface area contributed by atoms with Crippen LogP contribution >= 0.6 is 0 Å². The molecule has 0 spiro atoms. The van der Waals surface area contributed by atoms with Gasteiger partial charge < -0.3 is 18.7 Å². The van der Waals surface area contributed by atoms with Crippen LogP contribution in [0.25, 0.3) is 0 Å². The smallest absolute Gasteiger partial charge is 0.193 e. The second-order valence-corrected chi connectivity index (χ2v) is 19.5. The largest absolute Gasteiger partial charge is 0.493 e. The van der Waals surface area contributed by atoms with E-state index in [1.165, 1.54) is 0 Å². The quantitative estimate of drug-likeness (QED) is 0.710. The predicted molar refractivity (Wildman–Crippen MR) is 105 cm³/mol. The molecule has 0 saturated carbocycles. The molecule has 0 aromatic heterocycles. The van der Waals surface area contributed by atoms with E-state index in [1.807, 2.05) is 6.08 Å². The highest BCUT2D eigenvalue weighted by Gasteiger charge is 2.43. The lowest BCUT2D eigenvalue weighted by Gasteiger charge is -2.42. The number of aliphatic hydroxyl groups excluding tert-OH is 1. The number of hydrogen-bond acceptors (Lipinski definition) is 4. The van der Waals surface area contributed by atoms with Crippen LogP contribution in [0.4, 0.5) is 0 Å². The molecule has 3 atom stereocenters. The Hall–Kier alpha value is -0.146. The molecule has 6 heteroatoms. The molecule has 1 heterocycles. The maximum atomic E-state index is 10.7. The Morgan fingerprint density at radius 2 is 1.46 bits per heavy atom. The summed E-state index contributed by atoms with van der Waals surface area (Å²) in [5, 5.41) is 11.0. The Morgan fingerprint density at radius 1 is 0.958 bits per heavy atom. The van der Waals surface area contributed by atoms with E-state index in [9.17, 15) is 5.11 Å². The topological polar surface area (TPSA) is 47.9 Å². The van der Waals surface area contributed by atoms with Crippen molar-refractivity contribution in [2.75, 3.05) is 6.61 Å². The molecule has 24 heavy (non-hydrogen) atoms. The summed E-state index contributed by atoms with van der Waals surface area (Å²) >= 11 is 0. The van der Waals surface area contributed by atoms with E-state index in [0.717, 1.165) is 0 Å². The minimum Gasteiger partial charge on any atom is -0.493 e. The summed E-state index contributed by atoms with van der Waals surface area (Å²) in [6.07, 6.45) is 2.08. The van der Waals surface area contributed by atoms with Crippen molar-refractivity contribution in [1.82, 2.24) is 0 Å². The van der Waals surface area contributed by atoms with Gasteiger partial charge in [0.05, 0.1) is 19.0 Å². The molecule has 0 saturated heterocycles. The summed E-state index contributed by atoms with van der Waals surface area (Å²) in [4.78, 5) is 0. The maximum Gasteiger partial charge on any atom is 0.193 e. The molecule has 1 rings (SSSR count). The van der Waals surface area contributed by atoms with Crippen molar-refractivity contribution in [2.24, 2.45) is 0 Å². The molecule has 0 aromatic carbocycles. The highest BCUT2D eigenvalue weighted by atomic mass is 28.4. The molecule has 1 N–H and O–H groups in total. The molecule has 3 unspecified atom stereocenters. The normalized spacial score (nSPS) is 26.4. The van der Waals surface area contributed by atoms with Gasteiger partial charge in [-0.2, -0.15) is 0 Å². The van der Waals surface area contributed by atoms with Gasteiger partial charge in [0.1, 0.15) is 12.2 Å². The molecule has 0 radical (unpaired) electrons. The lowest BCUT2D eigenvalue weighted by atomic mass is 10.1. The van der Waals surface area contributed by atoms with E-state index in [1.54, 1.807) is 6.26 Å². The average molecular weight is 375 g/mol. The van der Waals surface area contributed by atoms with E-state index in [2.05, 4.69) is 67.7 Å². The third-order valence-electron chi connectivity index (χ3n) is 5.89. The maximum absolute atomic E-state index is 10.7. The summed E-state index contributed by atoms with van der Waals surface area (Å²) in [6, 6.07) is 0. The first kappa shape index (κ1) is 21.9. The molecule has 142 valence electrons. The highest BCUT2D eigenvalue weighted by Crippen LogP contribution is 2.39. The third kappa shape index (κ3) is 5.18. The van der Waals surface area contributed by atoms with Gasteiger partial charge in [0, 0.05) is 0 Å². The molecular weight excluding hydrogens is 336 g/mol. The summed E-state index contributed by atoms with van der Waals surface area (Å²) in [5.74, 6) is 0. The van der Waals surface area contributed by atoms with Gasteiger partial charge in [-0.05, 0) is 42.3 Å². The monoisotopic (exact) mass is 374 g/mol. The van der Waals surface area contributed by atoms with Gasteiger partial charge in [-0.3, -0.25) is 0 Å². The van der Waals surface area contributed by atoms with Crippen LogP contribution in [-0.4, -0.2) is 46.7 Å². The number of ether oxygens (including phenoxy) is 1. The summed E-state index contributed by atoms with van der Waals surface area (Å²) < 4.78 is 18.2. The van der Waals surface area contributed by atoms with Crippen molar-refractivity contribution in [1.29, 1.82) is 0 Å². The minimum atomic E-state index is -1.95. The van der Waals surface area contributed by atoms with E-state index in [0.29, 0.717) is 6.61 Å². The average Bonchev–Trinajstić information content (AvgIpc) is 2.37. The molecule has 1 aliphatic rings. The first-order valence-corrected chi connectivity index (χ1v) is 14.7. The van der Waals surface area contributed by atoms with Crippen LogP contribution in [0.2, 0.25) is 36.3 Å². The fraction of sp³-hybridized carbons (Fsp3) is 0.889. The summed E-state index contributed by atoms with van der Waals surface area (Å²) in [5.41, 5.74) is 0. The first-order chi connectivity index (χ1) is 10.6. The van der Waals surface area contributed by atoms with Gasteiger partial charge >= 0.3 is 0 Å². The van der Waals surface area contributed by atoms with Gasteiger partial charge in [-0.15, -0.1) is 0 Å². The van der Waals surface area contributed by atoms with Crippen LogP contribution in [-0.2, 0) is 13.6 Å². The fourth-order valence-corrected chi connectivity index (χ4v) is 4.17. The van der Waals surface area contributed by atoms with Crippen LogP contribution in [0.1, 0.15) is 41.5 Å². The molecular formula is C18H38O4Si2. The zero-order chi connectivity index (χ0) is 19.0. The fourth-order valence-electron chi connectivity index (χ4n) is 1.90. The van der Waals surface area contributed by atoms with Crippen LogP contribution in [0.15, 0.2) is 12.3 Å². The zero-order valence-electron chi connectivity index (χ0n) is 17.3. The lowest BCUT2D eigenvalue weighted by molar-refractivity contribution is -0.0749. The number of hydrogen-bond donors (Lipinski definition) is 1. The third-order valence-corrected chi connectivity index (χ3v) is 14.9. The van der Waals surface area contributed by atoms with Crippen LogP contribution in [0.5, 0.6) is 0 Å². The summed E-state index contributed by atoms with van der Waals surface area (Å²) in [6.45, 7) is 22.4.